The number of hydrogen-bond acceptors (Lipinski definition) is 4. The zero-order chi connectivity index (χ0) is 19.0. The Kier molecular flexibility index (Phi) is 12.1. The van der Waals surface area contributed by atoms with E-state index in [1.54, 1.807) is 6.08 Å². The van der Waals surface area contributed by atoms with Crippen molar-refractivity contribution in [2.45, 2.75) is 65.2 Å². The highest BCUT2D eigenvalue weighted by atomic mass is 16.5. The molecule has 1 aromatic rings. The number of carbonyl (C=O) groups is 1. The van der Waals surface area contributed by atoms with Gasteiger partial charge in [-0.1, -0.05) is 52.4 Å². The lowest BCUT2D eigenvalue weighted by Gasteiger charge is -2.11. The summed E-state index contributed by atoms with van der Waals surface area (Å²) in [7, 11) is 1.37. The van der Waals surface area contributed by atoms with Crippen LogP contribution >= 0.6 is 0 Å². The fourth-order valence-corrected chi connectivity index (χ4v) is 2.53. The molecular weight excluding hydrogens is 328 g/mol. The van der Waals surface area contributed by atoms with Crippen molar-refractivity contribution in [2.75, 3.05) is 20.3 Å². The van der Waals surface area contributed by atoms with Gasteiger partial charge in [0.05, 0.1) is 20.3 Å². The van der Waals surface area contributed by atoms with Crippen molar-refractivity contribution in [3.63, 3.8) is 0 Å². The van der Waals surface area contributed by atoms with Crippen molar-refractivity contribution >= 4 is 12.0 Å². The van der Waals surface area contributed by atoms with Crippen LogP contribution in [0.15, 0.2) is 24.3 Å². The Bertz CT molecular complexity index is 505. The van der Waals surface area contributed by atoms with Gasteiger partial charge in [0.2, 0.25) is 0 Å². The molecule has 0 unspecified atom stereocenters. The van der Waals surface area contributed by atoms with E-state index in [0.717, 1.165) is 29.9 Å². The molecule has 0 bridgehead atoms. The van der Waals surface area contributed by atoms with E-state index in [1.165, 1.54) is 51.7 Å². The van der Waals surface area contributed by atoms with E-state index in [2.05, 4.69) is 18.6 Å². The molecule has 0 aliphatic rings. The van der Waals surface area contributed by atoms with Crippen LogP contribution in [0.2, 0.25) is 0 Å². The molecule has 4 heteroatoms. The van der Waals surface area contributed by atoms with Gasteiger partial charge in [-0.2, -0.15) is 0 Å². The van der Waals surface area contributed by atoms with Crippen LogP contribution in [0.5, 0.6) is 11.5 Å². The average molecular weight is 363 g/mol. The molecular formula is C22H34O4. The average Bonchev–Trinajstić information content (AvgIpc) is 2.65. The third-order valence-electron chi connectivity index (χ3n) is 4.05. The highest BCUT2D eigenvalue weighted by Crippen LogP contribution is 2.24. The van der Waals surface area contributed by atoms with Crippen LogP contribution in [-0.4, -0.2) is 26.3 Å². The summed E-state index contributed by atoms with van der Waals surface area (Å²) in [5, 5.41) is 0. The van der Waals surface area contributed by atoms with Gasteiger partial charge in [0.25, 0.3) is 0 Å². The number of methoxy groups -OCH3 is 1. The molecule has 0 saturated carbocycles. The summed E-state index contributed by atoms with van der Waals surface area (Å²) >= 11 is 0. The zero-order valence-corrected chi connectivity index (χ0v) is 16.6. The largest absolute Gasteiger partial charge is 0.493 e. The highest BCUT2D eigenvalue weighted by Gasteiger charge is 2.03. The van der Waals surface area contributed by atoms with Gasteiger partial charge in [-0.25, -0.2) is 4.79 Å². The Balaban J connectivity index is 2.68. The maximum atomic E-state index is 11.3. The van der Waals surface area contributed by atoms with E-state index in [0.29, 0.717) is 13.2 Å². The number of hydrogen-bond donors (Lipinski definition) is 0. The zero-order valence-electron chi connectivity index (χ0n) is 16.6. The minimum Gasteiger partial charge on any atom is -0.493 e. The smallest absolute Gasteiger partial charge is 0.330 e. The number of rotatable bonds is 14. The second kappa shape index (κ2) is 14.2. The van der Waals surface area contributed by atoms with Crippen LogP contribution < -0.4 is 9.47 Å². The Morgan fingerprint density at radius 2 is 1.38 bits per heavy atom. The topological polar surface area (TPSA) is 44.8 Å². The summed E-state index contributed by atoms with van der Waals surface area (Å²) in [6.45, 7) is 5.78. The van der Waals surface area contributed by atoms with Crippen LogP contribution in [-0.2, 0) is 9.53 Å². The summed E-state index contributed by atoms with van der Waals surface area (Å²) in [6.07, 6.45) is 12.5. The second-order valence-corrected chi connectivity index (χ2v) is 6.41. The summed E-state index contributed by atoms with van der Waals surface area (Å²) in [5.74, 6) is 1.17. The van der Waals surface area contributed by atoms with Crippen molar-refractivity contribution in [3.8, 4) is 11.5 Å². The minimum atomic E-state index is -0.377. The van der Waals surface area contributed by atoms with Crippen LogP contribution in [0, 0.1) is 0 Å². The molecule has 1 rings (SSSR count). The monoisotopic (exact) mass is 362 g/mol. The van der Waals surface area contributed by atoms with E-state index in [1.807, 2.05) is 18.2 Å². The van der Waals surface area contributed by atoms with Gasteiger partial charge >= 0.3 is 5.97 Å². The number of carbonyl (C=O) groups excluding carboxylic acids is 1. The molecule has 4 nitrogen and oxygen atoms in total. The quantitative estimate of drug-likeness (QED) is 0.239. The standard InChI is InChI=1S/C22H34O4/c1-4-6-8-10-14-25-20-16-19(12-13-22(23)24-3)17-21(18-20)26-15-11-9-7-5-2/h12-13,16-18H,4-11,14-15H2,1-3H3. The van der Waals surface area contributed by atoms with E-state index in [-0.39, 0.29) is 5.97 Å². The summed E-state index contributed by atoms with van der Waals surface area (Å²) < 4.78 is 16.4. The number of benzene rings is 1. The Morgan fingerprint density at radius 3 is 1.85 bits per heavy atom. The fourth-order valence-electron chi connectivity index (χ4n) is 2.53. The predicted molar refractivity (Wildman–Crippen MR) is 107 cm³/mol. The van der Waals surface area contributed by atoms with Gasteiger partial charge in [0.15, 0.2) is 0 Å². The van der Waals surface area contributed by atoms with Crippen LogP contribution in [0.3, 0.4) is 0 Å². The first-order valence-electron chi connectivity index (χ1n) is 9.86. The SMILES string of the molecule is CCCCCCOc1cc(C=CC(=O)OC)cc(OCCCCCC)c1. The molecule has 0 aromatic heterocycles. The van der Waals surface area contributed by atoms with Crippen molar-refractivity contribution in [3.05, 3.63) is 29.8 Å². The first kappa shape index (κ1) is 22.1. The molecule has 1 aromatic carbocycles. The third kappa shape index (κ3) is 10.1. The third-order valence-corrected chi connectivity index (χ3v) is 4.05. The molecule has 26 heavy (non-hydrogen) atoms. The van der Waals surface area contributed by atoms with Crippen molar-refractivity contribution in [2.24, 2.45) is 0 Å². The lowest BCUT2D eigenvalue weighted by atomic mass is 10.1. The van der Waals surface area contributed by atoms with Gasteiger partial charge < -0.3 is 14.2 Å². The highest BCUT2D eigenvalue weighted by molar-refractivity contribution is 5.87. The number of unbranched alkanes of at least 4 members (excludes halogenated alkanes) is 6. The molecule has 0 amide bonds. The minimum absolute atomic E-state index is 0.377. The van der Waals surface area contributed by atoms with E-state index >= 15 is 0 Å². The molecule has 0 saturated heterocycles. The molecule has 0 aliphatic carbocycles. The first-order valence-corrected chi connectivity index (χ1v) is 9.86. The Hall–Kier alpha value is -1.97. The van der Waals surface area contributed by atoms with Gasteiger partial charge in [-0.3, -0.25) is 0 Å². The van der Waals surface area contributed by atoms with Crippen molar-refractivity contribution in [1.82, 2.24) is 0 Å². The Morgan fingerprint density at radius 1 is 0.846 bits per heavy atom. The molecule has 0 atom stereocenters. The number of ether oxygens (including phenoxy) is 3. The van der Waals surface area contributed by atoms with Crippen molar-refractivity contribution in [1.29, 1.82) is 0 Å². The second-order valence-electron chi connectivity index (χ2n) is 6.41. The maximum Gasteiger partial charge on any atom is 0.330 e. The van der Waals surface area contributed by atoms with Gasteiger partial charge in [0, 0.05) is 12.1 Å². The molecule has 0 aliphatic heterocycles. The number of esters is 1. The summed E-state index contributed by atoms with van der Waals surface area (Å²) in [5.41, 5.74) is 0.866. The van der Waals surface area contributed by atoms with Crippen molar-refractivity contribution < 1.29 is 19.0 Å². The molecule has 0 spiro atoms. The van der Waals surface area contributed by atoms with E-state index < -0.39 is 0 Å². The van der Waals surface area contributed by atoms with E-state index in [9.17, 15) is 4.79 Å². The maximum absolute atomic E-state index is 11.3. The van der Waals surface area contributed by atoms with Crippen LogP contribution in [0.1, 0.15) is 70.8 Å². The van der Waals surface area contributed by atoms with Crippen LogP contribution in [0.4, 0.5) is 0 Å². The predicted octanol–water partition coefficient (Wildman–Crippen LogP) is 5.79. The lowest BCUT2D eigenvalue weighted by molar-refractivity contribution is -0.134. The van der Waals surface area contributed by atoms with Crippen LogP contribution in [0.25, 0.3) is 6.08 Å². The molecule has 146 valence electrons. The van der Waals surface area contributed by atoms with E-state index in [4.69, 9.17) is 9.47 Å². The molecule has 0 N–H and O–H groups in total. The summed E-state index contributed by atoms with van der Waals surface area (Å²) in [6, 6.07) is 5.77. The molecule has 0 radical (unpaired) electrons. The lowest BCUT2D eigenvalue weighted by Crippen LogP contribution is -2.01. The first-order chi connectivity index (χ1) is 12.7. The fraction of sp³-hybridized carbons (Fsp3) is 0.591. The normalized spacial score (nSPS) is 10.9. The van der Waals surface area contributed by atoms with Gasteiger partial charge in [-0.05, 0) is 36.6 Å². The molecule has 0 fully saturated rings. The molecule has 0 heterocycles. The van der Waals surface area contributed by atoms with Gasteiger partial charge in [-0.15, -0.1) is 0 Å². The Labute approximate surface area is 158 Å². The summed E-state index contributed by atoms with van der Waals surface area (Å²) in [4.78, 5) is 11.3. The van der Waals surface area contributed by atoms with Gasteiger partial charge in [0.1, 0.15) is 11.5 Å².